The van der Waals surface area contributed by atoms with Gasteiger partial charge in [0.05, 0.1) is 10.6 Å². The van der Waals surface area contributed by atoms with Crippen LogP contribution >= 0.6 is 23.2 Å². The van der Waals surface area contributed by atoms with Crippen LogP contribution in [0.1, 0.15) is 29.8 Å². The maximum absolute atomic E-state index is 12.3. The van der Waals surface area contributed by atoms with E-state index >= 15 is 0 Å². The molecule has 0 aliphatic rings. The Kier molecular flexibility index (Phi) is 7.71. The van der Waals surface area contributed by atoms with Crippen LogP contribution in [0.15, 0.2) is 66.7 Å². The number of hydrogen-bond donors (Lipinski definition) is 1. The van der Waals surface area contributed by atoms with Crippen molar-refractivity contribution >= 4 is 29.0 Å². The maximum atomic E-state index is 12.3. The molecule has 0 amide bonds. The topological polar surface area (TPSA) is 46.5 Å². The number of phenolic OH excluding ortho intramolecular Hbond substituents is 1. The molecule has 140 valence electrons. The second-order valence-electron chi connectivity index (χ2n) is 5.44. The van der Waals surface area contributed by atoms with Crippen LogP contribution in [0, 0.1) is 0 Å². The Morgan fingerprint density at radius 3 is 2.26 bits per heavy atom. The fraction of sp³-hybridized carbons (Fsp3) is 0.136. The van der Waals surface area contributed by atoms with Crippen molar-refractivity contribution in [1.29, 1.82) is 0 Å². The number of carbonyl (C=O) groups is 1. The first kappa shape index (κ1) is 20.8. The van der Waals surface area contributed by atoms with Gasteiger partial charge in [-0.2, -0.15) is 0 Å². The van der Waals surface area contributed by atoms with Gasteiger partial charge in [0.25, 0.3) is 0 Å². The molecule has 5 heteroatoms. The number of benzene rings is 3. The Bertz CT molecular complexity index is 906. The highest BCUT2D eigenvalue weighted by atomic mass is 35.5. The lowest BCUT2D eigenvalue weighted by Gasteiger charge is -2.09. The normalized spacial score (nSPS) is 9.93. The predicted octanol–water partition coefficient (Wildman–Crippen LogP) is 6.94. The molecule has 3 aromatic rings. The molecule has 3 aromatic carbocycles. The first-order valence-electron chi connectivity index (χ1n) is 8.56. The molecular formula is C22H20Cl2O3. The number of Topliss-reactive ketones (excluding diaryl/α,β-unsaturated/α-hetero) is 1. The highest BCUT2D eigenvalue weighted by Crippen LogP contribution is 2.31. The summed E-state index contributed by atoms with van der Waals surface area (Å²) in [6.07, 6.45) is 0.137. The van der Waals surface area contributed by atoms with Gasteiger partial charge in [-0.3, -0.25) is 4.79 Å². The summed E-state index contributed by atoms with van der Waals surface area (Å²) in [5.41, 5.74) is 1.03. The van der Waals surface area contributed by atoms with Crippen molar-refractivity contribution in [1.82, 2.24) is 0 Å². The molecule has 0 aromatic heterocycles. The SMILES string of the molecule is CC.O=C(Cc1ccc(Oc2ccc(Cl)cc2)c(Cl)c1)c1ccccc1O. The molecule has 0 heterocycles. The summed E-state index contributed by atoms with van der Waals surface area (Å²) in [6, 6.07) is 18.6. The van der Waals surface area contributed by atoms with Crippen molar-refractivity contribution in [2.24, 2.45) is 0 Å². The molecule has 0 fully saturated rings. The molecule has 0 unspecified atom stereocenters. The fourth-order valence-electron chi connectivity index (χ4n) is 2.36. The Morgan fingerprint density at radius 1 is 0.963 bits per heavy atom. The van der Waals surface area contributed by atoms with Crippen molar-refractivity contribution in [2.45, 2.75) is 20.3 Å². The van der Waals surface area contributed by atoms with Gasteiger partial charge in [0.15, 0.2) is 5.78 Å². The van der Waals surface area contributed by atoms with Crippen molar-refractivity contribution in [3.63, 3.8) is 0 Å². The number of aromatic hydroxyl groups is 1. The van der Waals surface area contributed by atoms with E-state index in [9.17, 15) is 9.90 Å². The molecule has 0 atom stereocenters. The Morgan fingerprint density at radius 2 is 1.63 bits per heavy atom. The van der Waals surface area contributed by atoms with E-state index in [0.29, 0.717) is 27.1 Å². The van der Waals surface area contributed by atoms with Crippen molar-refractivity contribution in [3.8, 4) is 17.2 Å². The third kappa shape index (κ3) is 5.75. The van der Waals surface area contributed by atoms with Gasteiger partial charge >= 0.3 is 0 Å². The first-order chi connectivity index (χ1) is 13.0. The summed E-state index contributed by atoms with van der Waals surface area (Å²) in [5.74, 6) is 0.897. The van der Waals surface area contributed by atoms with Gasteiger partial charge in [-0.05, 0) is 54.1 Å². The van der Waals surface area contributed by atoms with Crippen molar-refractivity contribution in [2.75, 3.05) is 0 Å². The molecule has 3 rings (SSSR count). The summed E-state index contributed by atoms with van der Waals surface area (Å²) < 4.78 is 5.71. The van der Waals surface area contributed by atoms with Crippen LogP contribution in [0.4, 0.5) is 0 Å². The number of ketones is 1. The highest BCUT2D eigenvalue weighted by molar-refractivity contribution is 6.32. The molecular weight excluding hydrogens is 383 g/mol. The minimum Gasteiger partial charge on any atom is -0.507 e. The molecule has 1 N–H and O–H groups in total. The number of halogens is 2. The van der Waals surface area contributed by atoms with Crippen LogP contribution in [0.5, 0.6) is 17.2 Å². The van der Waals surface area contributed by atoms with Gasteiger partial charge in [0, 0.05) is 11.4 Å². The Balaban J connectivity index is 0.00000126. The maximum Gasteiger partial charge on any atom is 0.170 e. The van der Waals surface area contributed by atoms with Crippen LogP contribution in [-0.2, 0) is 6.42 Å². The number of phenols is 1. The zero-order valence-corrected chi connectivity index (χ0v) is 16.6. The highest BCUT2D eigenvalue weighted by Gasteiger charge is 2.13. The lowest BCUT2D eigenvalue weighted by molar-refractivity contribution is 0.0990. The monoisotopic (exact) mass is 402 g/mol. The third-order valence-electron chi connectivity index (χ3n) is 3.61. The lowest BCUT2D eigenvalue weighted by Crippen LogP contribution is -2.03. The lowest BCUT2D eigenvalue weighted by atomic mass is 10.0. The van der Waals surface area contributed by atoms with E-state index in [2.05, 4.69) is 0 Å². The van der Waals surface area contributed by atoms with Gasteiger partial charge < -0.3 is 9.84 Å². The zero-order valence-electron chi connectivity index (χ0n) is 15.1. The van der Waals surface area contributed by atoms with E-state index in [1.165, 1.54) is 6.07 Å². The van der Waals surface area contributed by atoms with E-state index in [4.69, 9.17) is 27.9 Å². The van der Waals surface area contributed by atoms with E-state index in [1.54, 1.807) is 60.7 Å². The fourth-order valence-corrected chi connectivity index (χ4v) is 2.72. The molecule has 0 bridgehead atoms. The minimum absolute atomic E-state index is 0.0266. The predicted molar refractivity (Wildman–Crippen MR) is 110 cm³/mol. The van der Waals surface area contributed by atoms with E-state index in [0.717, 1.165) is 5.56 Å². The van der Waals surface area contributed by atoms with Crippen LogP contribution in [0.25, 0.3) is 0 Å². The average molecular weight is 403 g/mol. The second-order valence-corrected chi connectivity index (χ2v) is 6.28. The van der Waals surface area contributed by atoms with E-state index < -0.39 is 0 Å². The number of hydrogen-bond acceptors (Lipinski definition) is 3. The summed E-state index contributed by atoms with van der Waals surface area (Å²) in [5, 5.41) is 10.8. The summed E-state index contributed by atoms with van der Waals surface area (Å²) in [6.45, 7) is 4.00. The summed E-state index contributed by atoms with van der Waals surface area (Å²) in [4.78, 5) is 12.3. The summed E-state index contributed by atoms with van der Waals surface area (Å²) >= 11 is 12.1. The number of carbonyl (C=O) groups excluding carboxylic acids is 1. The second kappa shape index (κ2) is 10.0. The number of ether oxygens (including phenoxy) is 1. The Labute approximate surface area is 169 Å². The number of rotatable bonds is 5. The molecule has 0 aliphatic carbocycles. The standard InChI is InChI=1S/C20H14Cl2O3.C2H6/c21-14-6-8-15(9-7-14)25-20-10-5-13(11-17(20)22)12-19(24)16-3-1-2-4-18(16)23;1-2/h1-11,23H,12H2;1-2H3. The molecule has 0 spiro atoms. The summed E-state index contributed by atoms with van der Waals surface area (Å²) in [7, 11) is 0. The molecule has 27 heavy (non-hydrogen) atoms. The van der Waals surface area contributed by atoms with E-state index in [1.807, 2.05) is 13.8 Å². The molecule has 3 nitrogen and oxygen atoms in total. The average Bonchev–Trinajstić information content (AvgIpc) is 2.67. The minimum atomic E-state index is -0.180. The third-order valence-corrected chi connectivity index (χ3v) is 4.15. The van der Waals surface area contributed by atoms with Gasteiger partial charge in [-0.1, -0.05) is 55.2 Å². The zero-order chi connectivity index (χ0) is 19.8. The van der Waals surface area contributed by atoms with Crippen LogP contribution in [-0.4, -0.2) is 10.9 Å². The van der Waals surface area contributed by atoms with Gasteiger partial charge in [-0.25, -0.2) is 0 Å². The molecule has 0 saturated heterocycles. The molecule has 0 saturated carbocycles. The van der Waals surface area contributed by atoms with Crippen LogP contribution < -0.4 is 4.74 Å². The largest absolute Gasteiger partial charge is 0.507 e. The van der Waals surface area contributed by atoms with Crippen LogP contribution in [0.2, 0.25) is 10.0 Å². The quantitative estimate of drug-likeness (QED) is 0.469. The van der Waals surface area contributed by atoms with Crippen molar-refractivity contribution < 1.29 is 14.6 Å². The first-order valence-corrected chi connectivity index (χ1v) is 9.31. The van der Waals surface area contributed by atoms with Crippen LogP contribution in [0.3, 0.4) is 0 Å². The van der Waals surface area contributed by atoms with Gasteiger partial charge in [0.1, 0.15) is 17.2 Å². The Hall–Kier alpha value is -2.49. The van der Waals surface area contributed by atoms with Gasteiger partial charge in [0.2, 0.25) is 0 Å². The molecule has 0 aliphatic heterocycles. The molecule has 0 radical (unpaired) electrons. The smallest absolute Gasteiger partial charge is 0.170 e. The van der Waals surface area contributed by atoms with Gasteiger partial charge in [-0.15, -0.1) is 0 Å². The number of para-hydroxylation sites is 1. The van der Waals surface area contributed by atoms with E-state index in [-0.39, 0.29) is 18.0 Å². The van der Waals surface area contributed by atoms with Crippen molar-refractivity contribution in [3.05, 3.63) is 87.9 Å².